The minimum atomic E-state index is -0.286. The van der Waals surface area contributed by atoms with Gasteiger partial charge in [-0.3, -0.25) is 4.98 Å². The van der Waals surface area contributed by atoms with Gasteiger partial charge < -0.3 is 15.3 Å². The van der Waals surface area contributed by atoms with Gasteiger partial charge in [-0.15, -0.1) is 0 Å². The van der Waals surface area contributed by atoms with E-state index in [0.717, 1.165) is 37.1 Å². The van der Waals surface area contributed by atoms with Crippen molar-refractivity contribution in [3.8, 4) is 0 Å². The maximum atomic E-state index is 12.9. The number of carbonyl (C=O) groups is 1. The summed E-state index contributed by atoms with van der Waals surface area (Å²) in [4.78, 5) is 19.3. The van der Waals surface area contributed by atoms with Crippen LogP contribution in [0.1, 0.15) is 43.0 Å². The summed E-state index contributed by atoms with van der Waals surface area (Å²) in [5.74, 6) is 0. The number of hydrogen-bond acceptors (Lipinski definition) is 3. The Balaban J connectivity index is 1.81. The fraction of sp³-hybridized carbons (Fsp3) is 0.400. The predicted molar refractivity (Wildman–Crippen MR) is 97.1 cm³/mol. The number of nitrogens with one attached hydrogen (secondary N) is 1. The zero-order chi connectivity index (χ0) is 17.5. The van der Waals surface area contributed by atoms with E-state index in [1.807, 2.05) is 53.4 Å². The lowest BCUT2D eigenvalue weighted by molar-refractivity contribution is 0.130. The molecule has 1 aliphatic heterocycles. The molecule has 2 aromatic rings. The van der Waals surface area contributed by atoms with E-state index >= 15 is 0 Å². The molecule has 2 atom stereocenters. The van der Waals surface area contributed by atoms with Crippen LogP contribution < -0.4 is 5.32 Å². The van der Waals surface area contributed by atoms with Crippen LogP contribution in [0.3, 0.4) is 0 Å². The van der Waals surface area contributed by atoms with Crippen molar-refractivity contribution in [1.82, 2.24) is 15.2 Å². The molecule has 0 spiro atoms. The number of hydrogen-bond donors (Lipinski definition) is 2. The summed E-state index contributed by atoms with van der Waals surface area (Å²) in [5, 5.41) is 12.4. The molecule has 2 N–H and O–H groups in total. The van der Waals surface area contributed by atoms with Gasteiger partial charge in [-0.25, -0.2) is 4.79 Å². The number of benzene rings is 1. The Morgan fingerprint density at radius 2 is 2.00 bits per heavy atom. The Hall–Kier alpha value is -2.40. The van der Waals surface area contributed by atoms with Crippen molar-refractivity contribution in [1.29, 1.82) is 0 Å². The Morgan fingerprint density at radius 3 is 2.72 bits per heavy atom. The van der Waals surface area contributed by atoms with Crippen LogP contribution >= 0.6 is 0 Å². The molecule has 3 rings (SSSR count). The molecule has 1 fully saturated rings. The number of urea groups is 1. The number of piperidine rings is 1. The van der Waals surface area contributed by atoms with Gasteiger partial charge in [0.15, 0.2) is 0 Å². The van der Waals surface area contributed by atoms with Crippen molar-refractivity contribution in [2.24, 2.45) is 0 Å². The van der Waals surface area contributed by atoms with E-state index in [4.69, 9.17) is 0 Å². The topological polar surface area (TPSA) is 65.5 Å². The van der Waals surface area contributed by atoms with E-state index < -0.39 is 0 Å². The Kier molecular flexibility index (Phi) is 6.01. The lowest BCUT2D eigenvalue weighted by Crippen LogP contribution is -2.50. The maximum Gasteiger partial charge on any atom is 0.318 e. The van der Waals surface area contributed by atoms with E-state index in [2.05, 4.69) is 10.3 Å². The molecule has 1 aromatic heterocycles. The zero-order valence-electron chi connectivity index (χ0n) is 14.3. The Labute approximate surface area is 148 Å². The number of aliphatic hydroxyl groups excluding tert-OH is 1. The van der Waals surface area contributed by atoms with Crippen LogP contribution in [0.2, 0.25) is 0 Å². The Morgan fingerprint density at radius 1 is 1.20 bits per heavy atom. The van der Waals surface area contributed by atoms with Gasteiger partial charge in [0.05, 0.1) is 11.7 Å². The average Bonchev–Trinajstić information content (AvgIpc) is 2.68. The van der Waals surface area contributed by atoms with Crippen molar-refractivity contribution < 1.29 is 9.90 Å². The first-order valence-electron chi connectivity index (χ1n) is 8.93. The number of aliphatic hydroxyl groups is 1. The lowest BCUT2D eigenvalue weighted by atomic mass is 9.99. The van der Waals surface area contributed by atoms with Gasteiger partial charge in [-0.05, 0) is 43.4 Å². The number of carbonyl (C=O) groups excluding carboxylic acids is 1. The van der Waals surface area contributed by atoms with Crippen molar-refractivity contribution in [3.05, 3.63) is 66.0 Å². The van der Waals surface area contributed by atoms with E-state index in [0.29, 0.717) is 6.42 Å². The van der Waals surface area contributed by atoms with Crippen LogP contribution in [0.5, 0.6) is 0 Å². The molecule has 2 heterocycles. The highest BCUT2D eigenvalue weighted by Crippen LogP contribution is 2.23. The van der Waals surface area contributed by atoms with Crippen LogP contribution in [0.15, 0.2) is 54.7 Å². The summed E-state index contributed by atoms with van der Waals surface area (Å²) in [7, 11) is 0. The van der Waals surface area contributed by atoms with Gasteiger partial charge in [0.1, 0.15) is 0 Å². The molecule has 0 aliphatic carbocycles. The number of aromatic nitrogens is 1. The highest BCUT2D eigenvalue weighted by molar-refractivity contribution is 5.75. The molecule has 1 aromatic carbocycles. The largest absolute Gasteiger partial charge is 0.396 e. The summed E-state index contributed by atoms with van der Waals surface area (Å²) in [6, 6.07) is 15.4. The van der Waals surface area contributed by atoms with Crippen LogP contribution in [-0.4, -0.2) is 40.2 Å². The molecule has 2 amide bonds. The molecule has 132 valence electrons. The number of nitrogens with zero attached hydrogens (tertiary/aromatic N) is 2. The van der Waals surface area contributed by atoms with Crippen molar-refractivity contribution in [2.45, 2.75) is 37.8 Å². The van der Waals surface area contributed by atoms with Gasteiger partial charge in [0, 0.05) is 25.4 Å². The summed E-state index contributed by atoms with van der Waals surface area (Å²) in [6.07, 6.45) is 5.44. The van der Waals surface area contributed by atoms with Crippen LogP contribution in [0.25, 0.3) is 0 Å². The normalized spacial score (nSPS) is 18.6. The van der Waals surface area contributed by atoms with Gasteiger partial charge in [-0.1, -0.05) is 36.4 Å². The predicted octanol–water partition coefficient (Wildman–Crippen LogP) is 3.12. The van der Waals surface area contributed by atoms with Crippen molar-refractivity contribution in [2.75, 3.05) is 13.2 Å². The first-order chi connectivity index (χ1) is 12.3. The first-order valence-corrected chi connectivity index (χ1v) is 8.93. The first kappa shape index (κ1) is 17.4. The molecule has 5 heteroatoms. The highest BCUT2D eigenvalue weighted by atomic mass is 16.3. The molecule has 0 saturated carbocycles. The fourth-order valence-corrected chi connectivity index (χ4v) is 3.44. The molecule has 0 radical (unpaired) electrons. The maximum absolute atomic E-state index is 12.9. The monoisotopic (exact) mass is 339 g/mol. The number of pyridine rings is 1. The zero-order valence-corrected chi connectivity index (χ0v) is 14.3. The fourth-order valence-electron chi connectivity index (χ4n) is 3.44. The minimum absolute atomic E-state index is 0.0855. The molecule has 5 nitrogen and oxygen atoms in total. The standard InChI is InChI=1S/C20H25N3O2/c24-15-12-17-10-5-7-14-23(17)20(25)22-19(16-8-2-1-3-9-16)18-11-4-6-13-21-18/h1-4,6,8-9,11,13,17,19,24H,5,7,10,12,14-15H2,(H,22,25). The summed E-state index contributed by atoms with van der Waals surface area (Å²) < 4.78 is 0. The molecule has 1 saturated heterocycles. The van der Waals surface area contributed by atoms with Crippen molar-refractivity contribution >= 4 is 6.03 Å². The minimum Gasteiger partial charge on any atom is -0.396 e. The highest BCUT2D eigenvalue weighted by Gasteiger charge is 2.28. The van der Waals surface area contributed by atoms with Crippen LogP contribution in [0.4, 0.5) is 4.79 Å². The molecule has 1 aliphatic rings. The summed E-state index contributed by atoms with van der Waals surface area (Å²) in [5.41, 5.74) is 1.82. The average molecular weight is 339 g/mol. The van der Waals surface area contributed by atoms with E-state index in [1.165, 1.54) is 0 Å². The molecule has 25 heavy (non-hydrogen) atoms. The second-order valence-corrected chi connectivity index (χ2v) is 6.40. The third-order valence-corrected chi connectivity index (χ3v) is 4.73. The van der Waals surface area contributed by atoms with Gasteiger partial charge >= 0.3 is 6.03 Å². The summed E-state index contributed by atoms with van der Waals surface area (Å²) in [6.45, 7) is 0.844. The number of amides is 2. The van der Waals surface area contributed by atoms with Crippen LogP contribution in [0, 0.1) is 0 Å². The molecule has 2 unspecified atom stereocenters. The molecular weight excluding hydrogens is 314 g/mol. The van der Waals surface area contributed by atoms with Gasteiger partial charge in [-0.2, -0.15) is 0 Å². The van der Waals surface area contributed by atoms with Crippen molar-refractivity contribution in [3.63, 3.8) is 0 Å². The second-order valence-electron chi connectivity index (χ2n) is 6.40. The third kappa shape index (κ3) is 4.37. The lowest BCUT2D eigenvalue weighted by Gasteiger charge is -2.36. The van der Waals surface area contributed by atoms with Gasteiger partial charge in [0.2, 0.25) is 0 Å². The quantitative estimate of drug-likeness (QED) is 0.880. The number of rotatable bonds is 5. The molecule has 0 bridgehead atoms. The van der Waals surface area contributed by atoms with E-state index in [9.17, 15) is 9.90 Å². The SMILES string of the molecule is O=C(NC(c1ccccc1)c1ccccn1)N1CCCCC1CCO. The van der Waals surface area contributed by atoms with E-state index in [1.54, 1.807) is 6.20 Å². The number of likely N-dealkylation sites (tertiary alicyclic amines) is 1. The van der Waals surface area contributed by atoms with Gasteiger partial charge in [0.25, 0.3) is 0 Å². The second kappa shape index (κ2) is 8.62. The smallest absolute Gasteiger partial charge is 0.318 e. The Bertz CT molecular complexity index is 622. The molecular formula is C20H25N3O2. The third-order valence-electron chi connectivity index (χ3n) is 4.73. The van der Waals surface area contributed by atoms with E-state index in [-0.39, 0.29) is 24.7 Å². The van der Waals surface area contributed by atoms with Crippen LogP contribution in [-0.2, 0) is 0 Å². The summed E-state index contributed by atoms with van der Waals surface area (Å²) >= 11 is 0.